The van der Waals surface area contributed by atoms with Gasteiger partial charge in [-0.2, -0.15) is 0 Å². The van der Waals surface area contributed by atoms with Gasteiger partial charge in [-0.25, -0.2) is 5.48 Å². The third-order valence-corrected chi connectivity index (χ3v) is 7.21. The van der Waals surface area contributed by atoms with Gasteiger partial charge in [0, 0.05) is 6.42 Å². The maximum absolute atomic E-state index is 11.4. The summed E-state index contributed by atoms with van der Waals surface area (Å²) < 4.78 is 5.59. The first kappa shape index (κ1) is 14.6. The van der Waals surface area contributed by atoms with Crippen LogP contribution in [0.1, 0.15) is 47.0 Å². The number of hydrogen-bond acceptors (Lipinski definition) is 2. The van der Waals surface area contributed by atoms with Gasteiger partial charge < -0.3 is 4.53 Å². The maximum atomic E-state index is 11.4. The van der Waals surface area contributed by atoms with Gasteiger partial charge in [-0.05, 0) is 24.6 Å². The van der Waals surface area contributed by atoms with Gasteiger partial charge in [0.15, 0.2) is 0 Å². The number of carbonyl (C=O) groups excluding carboxylic acids is 1. The van der Waals surface area contributed by atoms with E-state index in [4.69, 9.17) is 4.53 Å². The van der Waals surface area contributed by atoms with Crippen LogP contribution in [-0.4, -0.2) is 14.2 Å². The molecule has 1 amide bonds. The number of hydroxylamine groups is 1. The van der Waals surface area contributed by atoms with Crippen molar-refractivity contribution >= 4 is 14.2 Å². The summed E-state index contributed by atoms with van der Waals surface area (Å²) in [6.07, 6.45) is 2.52. The maximum Gasteiger partial charge on any atom is 0.242 e. The van der Waals surface area contributed by atoms with Crippen LogP contribution in [0.2, 0.25) is 18.1 Å². The van der Waals surface area contributed by atoms with E-state index in [-0.39, 0.29) is 10.9 Å². The van der Waals surface area contributed by atoms with Crippen LogP contribution in [0.4, 0.5) is 0 Å². The molecule has 0 radical (unpaired) electrons. The van der Waals surface area contributed by atoms with Crippen LogP contribution < -0.4 is 5.48 Å². The highest BCUT2D eigenvalue weighted by atomic mass is 28.4. The molecule has 0 unspecified atom stereocenters. The molecule has 0 fully saturated rings. The Bertz CT molecular complexity index is 209. The molecular formula is C11H25NO2Si. The second-order valence-corrected chi connectivity index (χ2v) is 10.2. The predicted octanol–water partition coefficient (Wildman–Crippen LogP) is 3.23. The minimum Gasteiger partial charge on any atom is -0.320 e. The molecular weight excluding hydrogens is 206 g/mol. The number of rotatable bonds is 5. The smallest absolute Gasteiger partial charge is 0.242 e. The number of amides is 1. The summed E-state index contributed by atoms with van der Waals surface area (Å²) in [6.45, 7) is 12.8. The van der Waals surface area contributed by atoms with E-state index in [0.29, 0.717) is 6.42 Å². The lowest BCUT2D eigenvalue weighted by atomic mass is 10.2. The monoisotopic (exact) mass is 231 g/mol. The number of nitrogens with one attached hydrogen (secondary N) is 1. The lowest BCUT2D eigenvalue weighted by Gasteiger charge is -2.35. The van der Waals surface area contributed by atoms with Crippen molar-refractivity contribution < 1.29 is 9.32 Å². The topological polar surface area (TPSA) is 38.3 Å². The molecule has 15 heavy (non-hydrogen) atoms. The van der Waals surface area contributed by atoms with Crippen molar-refractivity contribution in [3.8, 4) is 0 Å². The average Bonchev–Trinajstić information content (AvgIpc) is 2.09. The van der Waals surface area contributed by atoms with Gasteiger partial charge in [-0.15, -0.1) is 0 Å². The van der Waals surface area contributed by atoms with Gasteiger partial charge in [0.05, 0.1) is 0 Å². The molecule has 0 aromatic rings. The molecule has 0 spiro atoms. The number of hydrogen-bond donors (Lipinski definition) is 1. The second kappa shape index (κ2) is 5.65. The van der Waals surface area contributed by atoms with E-state index < -0.39 is 8.32 Å². The normalized spacial score (nSPS) is 12.7. The van der Waals surface area contributed by atoms with Crippen LogP contribution in [0.15, 0.2) is 0 Å². The Morgan fingerprint density at radius 3 is 2.27 bits per heavy atom. The minimum absolute atomic E-state index is 0.00155. The molecule has 4 heteroatoms. The zero-order valence-electron chi connectivity index (χ0n) is 10.9. The van der Waals surface area contributed by atoms with E-state index in [1.165, 1.54) is 0 Å². The number of carbonyl (C=O) groups is 1. The molecule has 0 aromatic heterocycles. The highest BCUT2D eigenvalue weighted by Gasteiger charge is 2.38. The molecule has 1 N–H and O–H groups in total. The third-order valence-electron chi connectivity index (χ3n) is 2.98. The van der Waals surface area contributed by atoms with Crippen LogP contribution in [0.3, 0.4) is 0 Å². The summed E-state index contributed by atoms with van der Waals surface area (Å²) in [5.41, 5.74) is 2.59. The van der Waals surface area contributed by atoms with Crippen LogP contribution in [0.25, 0.3) is 0 Å². The van der Waals surface area contributed by atoms with Gasteiger partial charge in [-0.1, -0.05) is 34.1 Å². The van der Waals surface area contributed by atoms with E-state index in [2.05, 4.69) is 46.3 Å². The van der Waals surface area contributed by atoms with Crippen molar-refractivity contribution in [1.29, 1.82) is 0 Å². The Hall–Kier alpha value is -0.353. The number of unbranched alkanes of at least 4 members (excludes halogenated alkanes) is 1. The summed E-state index contributed by atoms with van der Waals surface area (Å²) in [7, 11) is -1.84. The average molecular weight is 231 g/mol. The van der Waals surface area contributed by atoms with Crippen molar-refractivity contribution in [2.45, 2.75) is 65.1 Å². The molecule has 0 atom stereocenters. The standard InChI is InChI=1S/C11H25NO2Si/c1-7-8-9-10(13)12-14-15(5,6)11(2,3)4/h7-9H2,1-6H3,(H,12,13). The molecule has 0 aliphatic carbocycles. The Labute approximate surface area is 94.7 Å². The molecule has 90 valence electrons. The molecule has 0 aliphatic heterocycles. The van der Waals surface area contributed by atoms with Crippen LogP contribution >= 0.6 is 0 Å². The van der Waals surface area contributed by atoms with E-state index in [0.717, 1.165) is 12.8 Å². The molecule has 0 heterocycles. The van der Waals surface area contributed by atoms with Crippen LogP contribution in [0.5, 0.6) is 0 Å². The van der Waals surface area contributed by atoms with Crippen LogP contribution in [-0.2, 0) is 9.32 Å². The molecule has 0 rings (SSSR count). The first-order chi connectivity index (χ1) is 6.70. The fourth-order valence-electron chi connectivity index (χ4n) is 0.726. The van der Waals surface area contributed by atoms with E-state index in [1.807, 2.05) is 0 Å². The Morgan fingerprint density at radius 1 is 1.33 bits per heavy atom. The molecule has 0 saturated heterocycles. The van der Waals surface area contributed by atoms with Gasteiger partial charge in [0.25, 0.3) is 0 Å². The van der Waals surface area contributed by atoms with Gasteiger partial charge >= 0.3 is 0 Å². The van der Waals surface area contributed by atoms with Crippen molar-refractivity contribution in [2.75, 3.05) is 0 Å². The van der Waals surface area contributed by atoms with Gasteiger partial charge in [0.1, 0.15) is 0 Å². The van der Waals surface area contributed by atoms with Crippen molar-refractivity contribution in [3.05, 3.63) is 0 Å². The molecule has 0 aliphatic rings. The van der Waals surface area contributed by atoms with Crippen molar-refractivity contribution in [3.63, 3.8) is 0 Å². The zero-order chi connectivity index (χ0) is 12.1. The fourth-order valence-corrected chi connectivity index (χ4v) is 1.40. The summed E-state index contributed by atoms with van der Waals surface area (Å²) in [5.74, 6) is 0.00155. The highest BCUT2D eigenvalue weighted by molar-refractivity contribution is 6.74. The largest absolute Gasteiger partial charge is 0.320 e. The predicted molar refractivity (Wildman–Crippen MR) is 65.9 cm³/mol. The van der Waals surface area contributed by atoms with E-state index >= 15 is 0 Å². The second-order valence-electron chi connectivity index (χ2n) is 5.49. The quantitative estimate of drug-likeness (QED) is 0.583. The lowest BCUT2D eigenvalue weighted by molar-refractivity contribution is -0.128. The van der Waals surface area contributed by atoms with Crippen molar-refractivity contribution in [1.82, 2.24) is 5.48 Å². The molecule has 0 saturated carbocycles. The zero-order valence-corrected chi connectivity index (χ0v) is 11.9. The van der Waals surface area contributed by atoms with Gasteiger partial charge in [-0.3, -0.25) is 4.79 Å². The van der Waals surface area contributed by atoms with E-state index in [1.54, 1.807) is 0 Å². The lowest BCUT2D eigenvalue weighted by Crippen LogP contribution is -2.46. The first-order valence-electron chi connectivity index (χ1n) is 5.67. The summed E-state index contributed by atoms with van der Waals surface area (Å²) in [5, 5.41) is 0.130. The van der Waals surface area contributed by atoms with E-state index in [9.17, 15) is 4.79 Å². The Kier molecular flexibility index (Phi) is 5.52. The third kappa shape index (κ3) is 5.32. The Balaban J connectivity index is 3.99. The fraction of sp³-hybridized carbons (Fsp3) is 0.909. The summed E-state index contributed by atoms with van der Waals surface area (Å²) in [6, 6.07) is 0. The van der Waals surface area contributed by atoms with Crippen LogP contribution in [0, 0.1) is 0 Å². The SMILES string of the molecule is CCCCC(=O)NO[Si](C)(C)C(C)(C)C. The summed E-state index contributed by atoms with van der Waals surface area (Å²) >= 11 is 0. The van der Waals surface area contributed by atoms with Crippen molar-refractivity contribution in [2.24, 2.45) is 0 Å². The van der Waals surface area contributed by atoms with Gasteiger partial charge in [0.2, 0.25) is 14.2 Å². The Morgan fingerprint density at radius 2 is 1.87 bits per heavy atom. The summed E-state index contributed by atoms with van der Waals surface area (Å²) in [4.78, 5) is 11.4. The molecule has 3 nitrogen and oxygen atoms in total. The highest BCUT2D eigenvalue weighted by Crippen LogP contribution is 2.35. The molecule has 0 aromatic carbocycles. The molecule has 0 bridgehead atoms. The minimum atomic E-state index is -1.84. The first-order valence-corrected chi connectivity index (χ1v) is 8.58.